The number of nitriles is 1. The SMILES string of the molecule is CCCCCCCCCCCCCCCCCCOC[C@H](COP(=O)(O)OC[C@H]1O[C@@](C#N)(c2ccc3c(N)ncnn23)C[C@@H]1O)OCc1ccc2c(c1)CCC2. The maximum absolute atomic E-state index is 13.1. The molecule has 1 fully saturated rings. The van der Waals surface area contributed by atoms with Gasteiger partial charge in [-0.15, -0.1) is 0 Å². The van der Waals surface area contributed by atoms with E-state index in [9.17, 15) is 19.8 Å². The number of fused-ring (bicyclic) bond motifs is 2. The Hall–Kier alpha value is -2.92. The van der Waals surface area contributed by atoms with Crippen LogP contribution < -0.4 is 5.73 Å². The molecule has 0 amide bonds. The van der Waals surface area contributed by atoms with Crippen LogP contribution in [0.25, 0.3) is 5.52 Å². The lowest BCUT2D eigenvalue weighted by molar-refractivity contribution is -0.0629. The van der Waals surface area contributed by atoms with Crippen LogP contribution >= 0.6 is 7.82 Å². The summed E-state index contributed by atoms with van der Waals surface area (Å²) in [4.78, 5) is 14.6. The molecule has 57 heavy (non-hydrogen) atoms. The molecule has 14 heteroatoms. The number of phosphoric ester groups is 1. The van der Waals surface area contributed by atoms with Crippen molar-refractivity contribution in [3.8, 4) is 6.07 Å². The van der Waals surface area contributed by atoms with Crippen molar-refractivity contribution in [1.29, 1.82) is 5.26 Å². The Kier molecular flexibility index (Phi) is 18.7. The van der Waals surface area contributed by atoms with Crippen molar-refractivity contribution >= 4 is 19.2 Å². The van der Waals surface area contributed by atoms with Gasteiger partial charge in [-0.05, 0) is 54.5 Å². The molecule has 316 valence electrons. The molecule has 1 saturated heterocycles. The fourth-order valence-corrected chi connectivity index (χ4v) is 8.70. The Morgan fingerprint density at radius 1 is 0.947 bits per heavy atom. The molecule has 1 aliphatic carbocycles. The van der Waals surface area contributed by atoms with E-state index in [0.29, 0.717) is 24.4 Å². The minimum Gasteiger partial charge on any atom is -0.390 e. The van der Waals surface area contributed by atoms with Crippen molar-refractivity contribution in [1.82, 2.24) is 14.6 Å². The molecule has 0 bridgehead atoms. The van der Waals surface area contributed by atoms with Gasteiger partial charge in [0.05, 0.1) is 38.2 Å². The number of nitrogens with two attached hydrogens (primary N) is 1. The van der Waals surface area contributed by atoms with Crippen LogP contribution in [0.2, 0.25) is 0 Å². The average Bonchev–Trinajstić information content (AvgIpc) is 3.95. The summed E-state index contributed by atoms with van der Waals surface area (Å²) in [5, 5.41) is 25.2. The van der Waals surface area contributed by atoms with Crippen LogP contribution in [-0.2, 0) is 52.9 Å². The Bertz CT molecular complexity index is 1730. The smallest absolute Gasteiger partial charge is 0.390 e. The first-order valence-corrected chi connectivity index (χ1v) is 23.0. The number of aryl methyl sites for hydroxylation is 2. The minimum absolute atomic E-state index is 0.112. The molecule has 2 aliphatic rings. The van der Waals surface area contributed by atoms with Crippen molar-refractivity contribution in [3.05, 3.63) is 59.0 Å². The summed E-state index contributed by atoms with van der Waals surface area (Å²) in [6, 6.07) is 11.8. The first-order chi connectivity index (χ1) is 27.7. The second-order valence-electron chi connectivity index (χ2n) is 15.9. The van der Waals surface area contributed by atoms with E-state index in [2.05, 4.69) is 41.3 Å². The van der Waals surface area contributed by atoms with E-state index in [-0.39, 0.29) is 25.5 Å². The fourth-order valence-electron chi connectivity index (χ4n) is 7.93. The first-order valence-electron chi connectivity index (χ1n) is 21.5. The largest absolute Gasteiger partial charge is 0.472 e. The molecule has 4 N–H and O–H groups in total. The van der Waals surface area contributed by atoms with E-state index in [1.807, 2.05) is 0 Å². The highest BCUT2D eigenvalue weighted by atomic mass is 31.2. The van der Waals surface area contributed by atoms with E-state index < -0.39 is 38.3 Å². The predicted octanol–water partition coefficient (Wildman–Crippen LogP) is 8.67. The second-order valence-corrected chi connectivity index (χ2v) is 17.3. The lowest BCUT2D eigenvalue weighted by atomic mass is 9.96. The van der Waals surface area contributed by atoms with E-state index >= 15 is 0 Å². The van der Waals surface area contributed by atoms with E-state index in [1.54, 1.807) is 12.1 Å². The summed E-state index contributed by atoms with van der Waals surface area (Å²) in [6.07, 6.45) is 22.4. The minimum atomic E-state index is -4.62. The highest BCUT2D eigenvalue weighted by molar-refractivity contribution is 7.47. The van der Waals surface area contributed by atoms with Crippen molar-refractivity contribution < 1.29 is 37.8 Å². The summed E-state index contributed by atoms with van der Waals surface area (Å²) in [5.74, 6) is 0.223. The molecule has 2 aromatic heterocycles. The number of hydrogen-bond acceptors (Lipinski definition) is 11. The topological polar surface area (TPSA) is 184 Å². The Morgan fingerprint density at radius 3 is 2.30 bits per heavy atom. The summed E-state index contributed by atoms with van der Waals surface area (Å²) in [5.41, 5.74) is 8.94. The molecule has 0 saturated carbocycles. The molecule has 0 spiro atoms. The molecule has 0 radical (unpaired) electrons. The Balaban J connectivity index is 1.01. The number of nitrogen functional groups attached to an aromatic ring is 1. The number of ether oxygens (including phenoxy) is 3. The second kappa shape index (κ2) is 23.6. The molecule has 13 nitrogen and oxygen atoms in total. The number of aliphatic hydroxyl groups excluding tert-OH is 1. The zero-order valence-electron chi connectivity index (χ0n) is 34.0. The normalized spacial score (nSPS) is 20.8. The lowest BCUT2D eigenvalue weighted by Crippen LogP contribution is -2.29. The molecule has 1 unspecified atom stereocenters. The summed E-state index contributed by atoms with van der Waals surface area (Å²) < 4.78 is 43.4. The number of anilines is 1. The molecule has 1 aromatic carbocycles. The Labute approximate surface area is 339 Å². The van der Waals surface area contributed by atoms with Crippen LogP contribution in [0.4, 0.5) is 5.82 Å². The third-order valence-corrected chi connectivity index (χ3v) is 12.2. The van der Waals surface area contributed by atoms with Gasteiger partial charge in [0.1, 0.15) is 30.1 Å². The van der Waals surface area contributed by atoms with Gasteiger partial charge in [0, 0.05) is 13.0 Å². The number of hydrogen-bond donors (Lipinski definition) is 3. The summed E-state index contributed by atoms with van der Waals surface area (Å²) >= 11 is 0. The number of aliphatic hydroxyl groups is 1. The third-order valence-electron chi connectivity index (χ3n) is 11.3. The number of nitrogens with zero attached hydrogens (tertiary/aromatic N) is 4. The standard InChI is InChI=1S/C43H66N5O8P/c1-2-3-4-5-6-7-8-9-10-11-12-13-14-15-16-17-25-52-29-37(53-28-34-21-22-35-19-18-20-36(35)26-34)30-54-57(50,51)55-31-40-39(49)27-43(32-44,56-40)41-24-23-38-42(45)46-33-47-48(38)41/h21-24,26,33,37,39-40,49H,2-20,25,27-31H2,1H3,(H,50,51)(H2,45,46,47)/t37-,39+,40-,43+/m1/s1. The highest BCUT2D eigenvalue weighted by Crippen LogP contribution is 2.46. The maximum Gasteiger partial charge on any atom is 0.472 e. The molecule has 3 aromatic rings. The van der Waals surface area contributed by atoms with E-state index in [0.717, 1.165) is 37.7 Å². The van der Waals surface area contributed by atoms with Crippen LogP contribution in [0, 0.1) is 11.3 Å². The van der Waals surface area contributed by atoms with Crippen LogP contribution in [-0.4, -0.2) is 69.3 Å². The number of phosphoric acid groups is 1. The number of aromatic nitrogens is 3. The van der Waals surface area contributed by atoms with Crippen LogP contribution in [0.5, 0.6) is 0 Å². The quantitative estimate of drug-likeness (QED) is 0.0449. The Morgan fingerprint density at radius 2 is 1.61 bits per heavy atom. The molecule has 5 rings (SSSR count). The van der Waals surface area contributed by atoms with Crippen molar-refractivity contribution in [3.63, 3.8) is 0 Å². The fraction of sp³-hybridized carbons (Fsp3) is 0.698. The van der Waals surface area contributed by atoms with Gasteiger partial charge in [-0.25, -0.2) is 14.1 Å². The number of rotatable bonds is 29. The predicted molar refractivity (Wildman–Crippen MR) is 219 cm³/mol. The monoisotopic (exact) mass is 811 g/mol. The lowest BCUT2D eigenvalue weighted by Gasteiger charge is -2.23. The van der Waals surface area contributed by atoms with Crippen molar-refractivity contribution in [2.24, 2.45) is 0 Å². The number of benzene rings is 1. The van der Waals surface area contributed by atoms with Gasteiger partial charge in [0.15, 0.2) is 11.4 Å². The first kappa shape index (κ1) is 45.2. The molecule has 3 heterocycles. The van der Waals surface area contributed by atoms with Crippen molar-refractivity contribution in [2.45, 2.75) is 166 Å². The van der Waals surface area contributed by atoms with Crippen LogP contribution in [0.3, 0.4) is 0 Å². The molecular weight excluding hydrogens is 745 g/mol. The zero-order chi connectivity index (χ0) is 40.4. The van der Waals surface area contributed by atoms with E-state index in [4.69, 9.17) is 29.0 Å². The van der Waals surface area contributed by atoms with Crippen molar-refractivity contribution in [2.75, 3.05) is 32.2 Å². The van der Waals surface area contributed by atoms with Gasteiger partial charge in [0.25, 0.3) is 0 Å². The van der Waals surface area contributed by atoms with Gasteiger partial charge < -0.3 is 29.9 Å². The molecular formula is C43H66N5O8P. The summed E-state index contributed by atoms with van der Waals surface area (Å²) in [6.45, 7) is 2.60. The van der Waals surface area contributed by atoms with E-state index in [1.165, 1.54) is 112 Å². The van der Waals surface area contributed by atoms with Gasteiger partial charge >= 0.3 is 7.82 Å². The van der Waals surface area contributed by atoms with Crippen LogP contribution in [0.1, 0.15) is 145 Å². The van der Waals surface area contributed by atoms with Crippen LogP contribution in [0.15, 0.2) is 36.7 Å². The van der Waals surface area contributed by atoms with Gasteiger partial charge in [-0.3, -0.25) is 9.05 Å². The average molecular weight is 812 g/mol. The molecule has 1 aliphatic heterocycles. The zero-order valence-corrected chi connectivity index (χ0v) is 34.9. The maximum atomic E-state index is 13.1. The molecule has 5 atom stereocenters. The number of unbranched alkanes of at least 4 members (excludes halogenated alkanes) is 15. The van der Waals surface area contributed by atoms with Gasteiger partial charge in [0.2, 0.25) is 0 Å². The third kappa shape index (κ3) is 14.1. The van der Waals surface area contributed by atoms with Gasteiger partial charge in [-0.1, -0.05) is 121 Å². The highest BCUT2D eigenvalue weighted by Gasteiger charge is 2.50. The summed E-state index contributed by atoms with van der Waals surface area (Å²) in [7, 11) is -4.62. The van der Waals surface area contributed by atoms with Gasteiger partial charge in [-0.2, -0.15) is 10.4 Å².